The minimum absolute atomic E-state index is 0.0844. The Labute approximate surface area is 176 Å². The van der Waals surface area contributed by atoms with Crippen LogP contribution >= 0.6 is 0 Å². The Morgan fingerprint density at radius 3 is 1.93 bits per heavy atom. The molecular formula is C25H25NO4. The van der Waals surface area contributed by atoms with Gasteiger partial charge >= 0.3 is 5.97 Å². The van der Waals surface area contributed by atoms with Crippen molar-refractivity contribution in [3.8, 4) is 5.75 Å². The summed E-state index contributed by atoms with van der Waals surface area (Å²) in [6, 6.07) is 27.1. The van der Waals surface area contributed by atoms with Gasteiger partial charge in [-0.1, -0.05) is 60.7 Å². The van der Waals surface area contributed by atoms with Gasteiger partial charge in [-0.15, -0.1) is 0 Å². The molecule has 0 bridgehead atoms. The van der Waals surface area contributed by atoms with Crippen LogP contribution in [0.25, 0.3) is 0 Å². The molecule has 0 saturated heterocycles. The van der Waals surface area contributed by atoms with Crippen molar-refractivity contribution in [2.75, 3.05) is 20.3 Å². The van der Waals surface area contributed by atoms with Gasteiger partial charge in [0, 0.05) is 12.5 Å². The second-order valence-corrected chi connectivity index (χ2v) is 6.82. The Kier molecular flexibility index (Phi) is 7.61. The number of ether oxygens (including phenoxy) is 2. The largest absolute Gasteiger partial charge is 0.484 e. The van der Waals surface area contributed by atoms with Crippen molar-refractivity contribution in [2.24, 2.45) is 0 Å². The van der Waals surface area contributed by atoms with E-state index in [1.165, 1.54) is 18.2 Å². The highest BCUT2D eigenvalue weighted by molar-refractivity contribution is 5.89. The summed E-state index contributed by atoms with van der Waals surface area (Å²) >= 11 is 0. The van der Waals surface area contributed by atoms with Gasteiger partial charge in [0.05, 0.1) is 12.7 Å². The average Bonchev–Trinajstić information content (AvgIpc) is 2.81. The lowest BCUT2D eigenvalue weighted by Crippen LogP contribution is -2.30. The molecule has 3 rings (SSSR count). The lowest BCUT2D eigenvalue weighted by Gasteiger charge is -2.18. The Balaban J connectivity index is 1.50. The molecule has 0 atom stereocenters. The molecule has 0 aliphatic carbocycles. The second kappa shape index (κ2) is 10.8. The van der Waals surface area contributed by atoms with Crippen LogP contribution < -0.4 is 10.1 Å². The number of nitrogens with one attached hydrogen (secondary N) is 1. The van der Waals surface area contributed by atoms with Gasteiger partial charge in [0.25, 0.3) is 5.91 Å². The molecule has 3 aromatic rings. The molecule has 5 heteroatoms. The van der Waals surface area contributed by atoms with Crippen LogP contribution in [0.5, 0.6) is 5.75 Å². The van der Waals surface area contributed by atoms with Gasteiger partial charge in [-0.3, -0.25) is 4.79 Å². The van der Waals surface area contributed by atoms with Gasteiger partial charge in [0.1, 0.15) is 5.75 Å². The molecule has 0 fully saturated rings. The predicted molar refractivity (Wildman–Crippen MR) is 116 cm³/mol. The zero-order valence-corrected chi connectivity index (χ0v) is 16.9. The second-order valence-electron chi connectivity index (χ2n) is 6.82. The topological polar surface area (TPSA) is 64.6 Å². The fraction of sp³-hybridized carbons (Fsp3) is 0.200. The first-order chi connectivity index (χ1) is 14.7. The lowest BCUT2D eigenvalue weighted by atomic mass is 9.88. The fourth-order valence-corrected chi connectivity index (χ4v) is 3.26. The molecule has 0 aromatic heterocycles. The van der Waals surface area contributed by atoms with Gasteiger partial charge in [-0.25, -0.2) is 4.79 Å². The highest BCUT2D eigenvalue weighted by Gasteiger charge is 2.14. The third-order valence-corrected chi connectivity index (χ3v) is 4.80. The lowest BCUT2D eigenvalue weighted by molar-refractivity contribution is -0.123. The van der Waals surface area contributed by atoms with Crippen molar-refractivity contribution in [1.29, 1.82) is 0 Å². The Morgan fingerprint density at radius 2 is 1.40 bits per heavy atom. The highest BCUT2D eigenvalue weighted by atomic mass is 16.5. The van der Waals surface area contributed by atoms with Crippen LogP contribution in [0.4, 0.5) is 0 Å². The van der Waals surface area contributed by atoms with Gasteiger partial charge in [0.2, 0.25) is 0 Å². The summed E-state index contributed by atoms with van der Waals surface area (Å²) in [6.07, 6.45) is 0.785. The van der Waals surface area contributed by atoms with E-state index < -0.39 is 5.97 Å². The third kappa shape index (κ3) is 5.95. The smallest absolute Gasteiger partial charge is 0.337 e. The molecule has 3 aromatic carbocycles. The van der Waals surface area contributed by atoms with Gasteiger partial charge < -0.3 is 14.8 Å². The Morgan fingerprint density at radius 1 is 0.833 bits per heavy atom. The van der Waals surface area contributed by atoms with E-state index in [1.807, 2.05) is 36.4 Å². The van der Waals surface area contributed by atoms with Crippen LogP contribution in [0.15, 0.2) is 84.9 Å². The summed E-state index contributed by atoms with van der Waals surface area (Å²) in [4.78, 5) is 23.6. The third-order valence-electron chi connectivity index (χ3n) is 4.80. The summed E-state index contributed by atoms with van der Waals surface area (Å²) in [6.45, 7) is 0.455. The summed E-state index contributed by atoms with van der Waals surface area (Å²) in [5, 5.41) is 2.92. The number of carbonyl (C=O) groups is 2. The van der Waals surface area contributed by atoms with Crippen LogP contribution in [0, 0.1) is 0 Å². The SMILES string of the molecule is COC(=O)c1ccc(OCC(=O)NCCC(c2ccccc2)c2ccccc2)cc1. The molecule has 154 valence electrons. The Bertz CT molecular complexity index is 900. The molecule has 0 radical (unpaired) electrons. The summed E-state index contributed by atoms with van der Waals surface area (Å²) in [5.74, 6) is 0.126. The highest BCUT2D eigenvalue weighted by Crippen LogP contribution is 2.27. The molecule has 0 saturated carbocycles. The molecule has 5 nitrogen and oxygen atoms in total. The molecule has 0 unspecified atom stereocenters. The number of carbonyl (C=O) groups excluding carboxylic acids is 2. The number of benzene rings is 3. The van der Waals surface area contributed by atoms with E-state index in [4.69, 9.17) is 4.74 Å². The predicted octanol–water partition coefficient (Wildman–Crippen LogP) is 4.19. The van der Waals surface area contributed by atoms with Crippen LogP contribution in [0.2, 0.25) is 0 Å². The maximum Gasteiger partial charge on any atom is 0.337 e. The van der Waals surface area contributed by atoms with Crippen LogP contribution in [0.3, 0.4) is 0 Å². The molecule has 30 heavy (non-hydrogen) atoms. The van der Waals surface area contributed by atoms with Crippen LogP contribution in [0.1, 0.15) is 33.8 Å². The maximum atomic E-state index is 12.2. The van der Waals surface area contributed by atoms with E-state index in [2.05, 4.69) is 34.3 Å². The van der Waals surface area contributed by atoms with Crippen LogP contribution in [-0.4, -0.2) is 32.1 Å². The number of rotatable bonds is 9. The van der Waals surface area contributed by atoms with E-state index in [-0.39, 0.29) is 18.4 Å². The van der Waals surface area contributed by atoms with E-state index in [9.17, 15) is 9.59 Å². The van der Waals surface area contributed by atoms with Crippen molar-refractivity contribution in [3.63, 3.8) is 0 Å². The molecule has 0 spiro atoms. The number of hydrogen-bond donors (Lipinski definition) is 1. The summed E-state index contributed by atoms with van der Waals surface area (Å²) < 4.78 is 10.2. The normalized spacial score (nSPS) is 10.5. The molecule has 1 amide bonds. The van der Waals surface area contributed by atoms with Gasteiger partial charge in [-0.2, -0.15) is 0 Å². The van der Waals surface area contributed by atoms with E-state index in [0.717, 1.165) is 6.42 Å². The molecule has 1 N–H and O–H groups in total. The quantitative estimate of drug-likeness (QED) is 0.544. The monoisotopic (exact) mass is 403 g/mol. The number of esters is 1. The maximum absolute atomic E-state index is 12.2. The van der Waals surface area contributed by atoms with Crippen molar-refractivity contribution in [3.05, 3.63) is 102 Å². The standard InChI is InChI=1S/C25H25NO4/c1-29-25(28)21-12-14-22(15-13-21)30-18-24(27)26-17-16-23(19-8-4-2-5-9-19)20-10-6-3-7-11-20/h2-15,23H,16-18H2,1H3,(H,26,27). The zero-order valence-electron chi connectivity index (χ0n) is 16.9. The van der Waals surface area contributed by atoms with Crippen molar-refractivity contribution in [2.45, 2.75) is 12.3 Å². The molecule has 0 aliphatic rings. The van der Waals surface area contributed by atoms with Crippen molar-refractivity contribution in [1.82, 2.24) is 5.32 Å². The minimum atomic E-state index is -0.411. The number of amides is 1. The van der Waals surface area contributed by atoms with Crippen molar-refractivity contribution < 1.29 is 19.1 Å². The van der Waals surface area contributed by atoms with Gasteiger partial charge in [-0.05, 0) is 41.8 Å². The number of methoxy groups -OCH3 is 1. The minimum Gasteiger partial charge on any atom is -0.484 e. The van der Waals surface area contributed by atoms with Gasteiger partial charge in [0.15, 0.2) is 6.61 Å². The van der Waals surface area contributed by atoms with E-state index in [0.29, 0.717) is 17.9 Å². The van der Waals surface area contributed by atoms with E-state index >= 15 is 0 Å². The Hall–Kier alpha value is -3.60. The van der Waals surface area contributed by atoms with Crippen LogP contribution in [-0.2, 0) is 9.53 Å². The molecular weight excluding hydrogens is 378 g/mol. The van der Waals surface area contributed by atoms with E-state index in [1.54, 1.807) is 24.3 Å². The number of hydrogen-bond acceptors (Lipinski definition) is 4. The zero-order chi connectivity index (χ0) is 21.2. The fourth-order valence-electron chi connectivity index (χ4n) is 3.26. The summed E-state index contributed by atoms with van der Waals surface area (Å²) in [5.41, 5.74) is 2.88. The summed E-state index contributed by atoms with van der Waals surface area (Å²) in [7, 11) is 1.33. The van der Waals surface area contributed by atoms with Crippen molar-refractivity contribution >= 4 is 11.9 Å². The molecule has 0 aliphatic heterocycles. The average molecular weight is 403 g/mol. The first-order valence-electron chi connectivity index (χ1n) is 9.85. The molecule has 0 heterocycles. The first-order valence-corrected chi connectivity index (χ1v) is 9.85. The first kappa shape index (κ1) is 21.1.